The van der Waals surface area contributed by atoms with Crippen molar-refractivity contribution in [2.24, 2.45) is 0 Å². The number of nitrogens with one attached hydrogen (secondary N) is 2. The Morgan fingerprint density at radius 2 is 1.85 bits per heavy atom. The summed E-state index contributed by atoms with van der Waals surface area (Å²) in [7, 11) is 0. The second-order valence-corrected chi connectivity index (χ2v) is 6.75. The molecular formula is C18H15BrClN3O3. The number of halogens is 2. The summed E-state index contributed by atoms with van der Waals surface area (Å²) in [6.45, 7) is -0.148. The summed E-state index contributed by atoms with van der Waals surface area (Å²) in [6.07, 6.45) is 1.83. The van der Waals surface area contributed by atoms with Gasteiger partial charge in [-0.3, -0.25) is 20.4 Å². The summed E-state index contributed by atoms with van der Waals surface area (Å²) >= 11 is 9.14. The molecule has 0 radical (unpaired) electrons. The first-order chi connectivity index (χ1) is 12.5. The number of hydrogen-bond acceptors (Lipinski definition) is 3. The van der Waals surface area contributed by atoms with E-state index in [9.17, 15) is 9.59 Å². The summed E-state index contributed by atoms with van der Waals surface area (Å²) in [6, 6.07) is 14.6. The van der Waals surface area contributed by atoms with Crippen LogP contribution in [0.2, 0.25) is 5.02 Å². The number of fused-ring (bicyclic) bond motifs is 1. The van der Waals surface area contributed by atoms with Crippen LogP contribution in [0.1, 0.15) is 0 Å². The van der Waals surface area contributed by atoms with Crippen molar-refractivity contribution in [1.29, 1.82) is 0 Å². The SMILES string of the molecule is O=C(COc1ccc(Cl)cc1Br)NNC(=O)Cn1ccc2ccccc21. The molecule has 0 spiro atoms. The first-order valence-corrected chi connectivity index (χ1v) is 8.89. The largest absolute Gasteiger partial charge is 0.483 e. The van der Waals surface area contributed by atoms with E-state index in [1.165, 1.54) is 0 Å². The van der Waals surface area contributed by atoms with Crippen LogP contribution in [0.15, 0.2) is 59.2 Å². The molecule has 1 aromatic heterocycles. The molecule has 0 saturated heterocycles. The normalized spacial score (nSPS) is 10.5. The molecule has 0 bridgehead atoms. The minimum atomic E-state index is -0.474. The highest BCUT2D eigenvalue weighted by Gasteiger charge is 2.09. The Labute approximate surface area is 163 Å². The van der Waals surface area contributed by atoms with Gasteiger partial charge < -0.3 is 9.30 Å². The third-order valence-electron chi connectivity index (χ3n) is 3.59. The summed E-state index contributed by atoms with van der Waals surface area (Å²) in [5.41, 5.74) is 5.65. The molecule has 0 saturated carbocycles. The Morgan fingerprint density at radius 3 is 2.65 bits per heavy atom. The summed E-state index contributed by atoms with van der Waals surface area (Å²) < 4.78 is 7.82. The highest BCUT2D eigenvalue weighted by Crippen LogP contribution is 2.27. The predicted octanol–water partition coefficient (Wildman–Crippen LogP) is 3.28. The van der Waals surface area contributed by atoms with E-state index in [4.69, 9.17) is 16.3 Å². The molecule has 0 fully saturated rings. The lowest BCUT2D eigenvalue weighted by Crippen LogP contribution is -2.45. The van der Waals surface area contributed by atoms with Gasteiger partial charge in [-0.1, -0.05) is 29.8 Å². The van der Waals surface area contributed by atoms with Crippen molar-refractivity contribution in [2.45, 2.75) is 6.54 Å². The fourth-order valence-electron chi connectivity index (χ4n) is 2.38. The van der Waals surface area contributed by atoms with Crippen LogP contribution in [-0.2, 0) is 16.1 Å². The molecule has 2 amide bonds. The summed E-state index contributed by atoms with van der Waals surface area (Å²) in [5, 5.41) is 1.60. The topological polar surface area (TPSA) is 72.4 Å². The maximum atomic E-state index is 12.0. The molecule has 0 aliphatic heterocycles. The Balaban J connectivity index is 1.47. The predicted molar refractivity (Wildman–Crippen MR) is 103 cm³/mol. The second kappa shape index (κ2) is 8.25. The van der Waals surface area contributed by atoms with Crippen molar-refractivity contribution in [2.75, 3.05) is 6.61 Å². The molecule has 6 nitrogen and oxygen atoms in total. The van der Waals surface area contributed by atoms with Crippen LogP contribution in [0, 0.1) is 0 Å². The molecule has 3 rings (SSSR count). The van der Waals surface area contributed by atoms with E-state index in [-0.39, 0.29) is 19.1 Å². The molecule has 8 heteroatoms. The molecule has 2 N–H and O–H groups in total. The van der Waals surface area contributed by atoms with Crippen LogP contribution in [0.25, 0.3) is 10.9 Å². The van der Waals surface area contributed by atoms with E-state index in [1.54, 1.807) is 22.8 Å². The monoisotopic (exact) mass is 435 g/mol. The first-order valence-electron chi connectivity index (χ1n) is 7.72. The lowest BCUT2D eigenvalue weighted by atomic mass is 10.2. The van der Waals surface area contributed by atoms with Gasteiger partial charge in [0, 0.05) is 16.7 Å². The van der Waals surface area contributed by atoms with Gasteiger partial charge in [-0.15, -0.1) is 0 Å². The van der Waals surface area contributed by atoms with E-state index in [0.717, 1.165) is 10.9 Å². The molecule has 0 aliphatic rings. The van der Waals surface area contributed by atoms with Gasteiger partial charge in [0.25, 0.3) is 11.8 Å². The lowest BCUT2D eigenvalue weighted by Gasteiger charge is -2.10. The van der Waals surface area contributed by atoms with E-state index in [2.05, 4.69) is 26.8 Å². The molecule has 0 atom stereocenters. The number of hydrazine groups is 1. The molecule has 1 heterocycles. The maximum Gasteiger partial charge on any atom is 0.276 e. The van der Waals surface area contributed by atoms with Crippen LogP contribution < -0.4 is 15.6 Å². The van der Waals surface area contributed by atoms with Crippen molar-refractivity contribution >= 4 is 50.2 Å². The van der Waals surface area contributed by atoms with E-state index >= 15 is 0 Å². The Kier molecular flexibility index (Phi) is 5.80. The fraction of sp³-hybridized carbons (Fsp3) is 0.111. The van der Waals surface area contributed by atoms with Crippen molar-refractivity contribution in [3.05, 3.63) is 64.2 Å². The van der Waals surface area contributed by atoms with Gasteiger partial charge in [0.15, 0.2) is 6.61 Å². The molecular weight excluding hydrogens is 422 g/mol. The van der Waals surface area contributed by atoms with Crippen LogP contribution in [0.4, 0.5) is 0 Å². The number of hydrogen-bond donors (Lipinski definition) is 2. The minimum absolute atomic E-state index is 0.0946. The number of para-hydroxylation sites is 1. The summed E-state index contributed by atoms with van der Waals surface area (Å²) in [4.78, 5) is 23.8. The minimum Gasteiger partial charge on any atom is -0.483 e. The number of amides is 2. The van der Waals surface area contributed by atoms with Crippen molar-refractivity contribution < 1.29 is 14.3 Å². The van der Waals surface area contributed by atoms with Crippen LogP contribution in [0.3, 0.4) is 0 Å². The highest BCUT2D eigenvalue weighted by molar-refractivity contribution is 9.10. The second-order valence-electron chi connectivity index (χ2n) is 5.46. The number of aromatic nitrogens is 1. The zero-order valence-corrected chi connectivity index (χ0v) is 15.9. The zero-order chi connectivity index (χ0) is 18.5. The molecule has 3 aromatic rings. The van der Waals surface area contributed by atoms with Crippen LogP contribution in [-0.4, -0.2) is 23.0 Å². The average Bonchev–Trinajstić information content (AvgIpc) is 3.02. The van der Waals surface area contributed by atoms with Gasteiger partial charge in [-0.25, -0.2) is 0 Å². The standard InChI is InChI=1S/C18H15BrClN3O3/c19-14-9-13(20)5-6-16(14)26-11-18(25)22-21-17(24)10-23-8-7-12-3-1-2-4-15(12)23/h1-9H,10-11H2,(H,21,24)(H,22,25). The Hall–Kier alpha value is -2.51. The summed E-state index contributed by atoms with van der Waals surface area (Å²) in [5.74, 6) is -0.334. The van der Waals surface area contributed by atoms with Crippen molar-refractivity contribution in [3.63, 3.8) is 0 Å². The smallest absolute Gasteiger partial charge is 0.276 e. The molecule has 2 aromatic carbocycles. The average molecular weight is 437 g/mol. The number of carbonyl (C=O) groups is 2. The third kappa shape index (κ3) is 4.56. The number of ether oxygens (including phenoxy) is 1. The molecule has 0 unspecified atom stereocenters. The van der Waals surface area contributed by atoms with E-state index in [0.29, 0.717) is 15.2 Å². The highest BCUT2D eigenvalue weighted by atomic mass is 79.9. The molecule has 26 heavy (non-hydrogen) atoms. The molecule has 134 valence electrons. The van der Waals surface area contributed by atoms with Gasteiger partial charge in [-0.2, -0.15) is 0 Å². The van der Waals surface area contributed by atoms with E-state index in [1.807, 2.05) is 36.5 Å². The van der Waals surface area contributed by atoms with Crippen molar-refractivity contribution in [3.8, 4) is 5.75 Å². The number of benzene rings is 2. The lowest BCUT2D eigenvalue weighted by molar-refractivity contribution is -0.130. The molecule has 0 aliphatic carbocycles. The van der Waals surface area contributed by atoms with Gasteiger partial charge in [0.05, 0.1) is 4.47 Å². The van der Waals surface area contributed by atoms with Gasteiger partial charge in [0.2, 0.25) is 0 Å². The third-order valence-corrected chi connectivity index (χ3v) is 4.44. The zero-order valence-electron chi connectivity index (χ0n) is 13.5. The Morgan fingerprint density at radius 1 is 1.08 bits per heavy atom. The van der Waals surface area contributed by atoms with E-state index < -0.39 is 5.91 Å². The van der Waals surface area contributed by atoms with Gasteiger partial charge >= 0.3 is 0 Å². The fourth-order valence-corrected chi connectivity index (χ4v) is 3.18. The van der Waals surface area contributed by atoms with Gasteiger partial charge in [0.1, 0.15) is 12.3 Å². The quantitative estimate of drug-likeness (QED) is 0.603. The number of rotatable bonds is 5. The Bertz CT molecular complexity index is 958. The number of nitrogens with zero attached hydrogens (tertiary/aromatic N) is 1. The van der Waals surface area contributed by atoms with Crippen molar-refractivity contribution in [1.82, 2.24) is 15.4 Å². The first kappa shape index (κ1) is 18.3. The van der Waals surface area contributed by atoms with Crippen LogP contribution >= 0.6 is 27.5 Å². The number of carbonyl (C=O) groups excluding carboxylic acids is 2. The van der Waals surface area contributed by atoms with Gasteiger partial charge in [-0.05, 0) is 51.6 Å². The maximum absolute atomic E-state index is 12.0. The van der Waals surface area contributed by atoms with Crippen LogP contribution in [0.5, 0.6) is 5.75 Å².